The van der Waals surface area contributed by atoms with E-state index in [9.17, 15) is 9.90 Å². The second kappa shape index (κ2) is 5.56. The molecule has 0 bridgehead atoms. The molecule has 0 saturated carbocycles. The van der Waals surface area contributed by atoms with Crippen LogP contribution in [0.4, 0.5) is 0 Å². The fraction of sp³-hybridized carbons (Fsp3) is 0.286. The van der Waals surface area contributed by atoms with Gasteiger partial charge in [-0.25, -0.2) is 4.98 Å². The summed E-state index contributed by atoms with van der Waals surface area (Å²) in [5, 5.41) is 12.3. The van der Waals surface area contributed by atoms with Gasteiger partial charge < -0.3 is 14.8 Å². The van der Waals surface area contributed by atoms with E-state index in [0.717, 1.165) is 17.7 Å². The average Bonchev–Trinajstić information content (AvgIpc) is 2.87. The fourth-order valence-electron chi connectivity index (χ4n) is 1.60. The third kappa shape index (κ3) is 3.13. The van der Waals surface area contributed by atoms with Gasteiger partial charge in [0.1, 0.15) is 11.5 Å². The van der Waals surface area contributed by atoms with Crippen LogP contribution in [0.15, 0.2) is 28.8 Å². The molecule has 0 saturated heterocycles. The number of aromatic hydroxyl groups is 1. The number of benzene rings is 1. The van der Waals surface area contributed by atoms with E-state index in [1.54, 1.807) is 25.3 Å². The molecule has 2 aromatic rings. The summed E-state index contributed by atoms with van der Waals surface area (Å²) in [6.07, 6.45) is 2.42. The van der Waals surface area contributed by atoms with Crippen LogP contribution in [-0.2, 0) is 13.0 Å². The van der Waals surface area contributed by atoms with Crippen molar-refractivity contribution in [1.29, 1.82) is 0 Å². The van der Waals surface area contributed by atoms with Crippen LogP contribution in [0.1, 0.15) is 34.5 Å². The first-order chi connectivity index (χ1) is 9.10. The van der Waals surface area contributed by atoms with Gasteiger partial charge in [0.2, 0.25) is 5.89 Å². The quantitative estimate of drug-likeness (QED) is 0.883. The summed E-state index contributed by atoms with van der Waals surface area (Å²) >= 11 is 0. The van der Waals surface area contributed by atoms with E-state index in [1.807, 2.05) is 6.92 Å². The third-order valence-corrected chi connectivity index (χ3v) is 2.82. The minimum absolute atomic E-state index is 0.108. The highest BCUT2D eigenvalue weighted by Crippen LogP contribution is 2.17. The number of hydrogen-bond acceptors (Lipinski definition) is 4. The summed E-state index contributed by atoms with van der Waals surface area (Å²) < 4.78 is 5.39. The SMILES string of the molecule is CCc1cnc(CNC(=O)c2ccc(C)c(O)c2)o1. The molecule has 5 heteroatoms. The monoisotopic (exact) mass is 260 g/mol. The summed E-state index contributed by atoms with van der Waals surface area (Å²) in [7, 11) is 0. The maximum absolute atomic E-state index is 11.9. The van der Waals surface area contributed by atoms with Crippen LogP contribution in [0.5, 0.6) is 5.75 Å². The van der Waals surface area contributed by atoms with E-state index in [4.69, 9.17) is 4.42 Å². The first-order valence-electron chi connectivity index (χ1n) is 6.11. The summed E-state index contributed by atoms with van der Waals surface area (Å²) in [6, 6.07) is 4.81. The van der Waals surface area contributed by atoms with Gasteiger partial charge in [0.15, 0.2) is 0 Å². The Hall–Kier alpha value is -2.30. The molecule has 0 atom stereocenters. The van der Waals surface area contributed by atoms with Gasteiger partial charge in [0, 0.05) is 12.0 Å². The number of aromatic nitrogens is 1. The zero-order valence-corrected chi connectivity index (χ0v) is 10.9. The Balaban J connectivity index is 1.99. The predicted molar refractivity (Wildman–Crippen MR) is 69.9 cm³/mol. The molecule has 0 radical (unpaired) electrons. The Morgan fingerprint density at radius 1 is 1.47 bits per heavy atom. The highest BCUT2D eigenvalue weighted by Gasteiger charge is 2.09. The van der Waals surface area contributed by atoms with Crippen LogP contribution in [0.25, 0.3) is 0 Å². The number of oxazole rings is 1. The summed E-state index contributed by atoms with van der Waals surface area (Å²) in [4.78, 5) is 15.9. The molecule has 2 rings (SSSR count). The number of carbonyl (C=O) groups excluding carboxylic acids is 1. The molecule has 0 spiro atoms. The molecule has 1 aromatic carbocycles. The van der Waals surface area contributed by atoms with E-state index in [0.29, 0.717) is 11.5 Å². The van der Waals surface area contributed by atoms with Gasteiger partial charge in [-0.1, -0.05) is 13.0 Å². The van der Waals surface area contributed by atoms with Crippen molar-refractivity contribution in [2.24, 2.45) is 0 Å². The van der Waals surface area contributed by atoms with Gasteiger partial charge in [0.05, 0.1) is 12.7 Å². The van der Waals surface area contributed by atoms with Crippen LogP contribution in [-0.4, -0.2) is 16.0 Å². The maximum Gasteiger partial charge on any atom is 0.251 e. The number of nitrogens with one attached hydrogen (secondary N) is 1. The largest absolute Gasteiger partial charge is 0.508 e. The van der Waals surface area contributed by atoms with Crippen LogP contribution in [0.3, 0.4) is 0 Å². The molecule has 1 heterocycles. The van der Waals surface area contributed by atoms with E-state index >= 15 is 0 Å². The van der Waals surface area contributed by atoms with Crippen molar-refractivity contribution in [3.05, 3.63) is 47.2 Å². The molecule has 100 valence electrons. The van der Waals surface area contributed by atoms with E-state index in [2.05, 4.69) is 10.3 Å². The van der Waals surface area contributed by atoms with Crippen LogP contribution in [0.2, 0.25) is 0 Å². The zero-order chi connectivity index (χ0) is 13.8. The fourth-order valence-corrected chi connectivity index (χ4v) is 1.60. The highest BCUT2D eigenvalue weighted by atomic mass is 16.4. The van der Waals surface area contributed by atoms with Crippen molar-refractivity contribution in [3.63, 3.8) is 0 Å². The topological polar surface area (TPSA) is 75.4 Å². The lowest BCUT2D eigenvalue weighted by Crippen LogP contribution is -2.22. The van der Waals surface area contributed by atoms with Gasteiger partial charge >= 0.3 is 0 Å². The number of rotatable bonds is 4. The number of aryl methyl sites for hydroxylation is 2. The number of phenols is 1. The van der Waals surface area contributed by atoms with Crippen molar-refractivity contribution in [2.45, 2.75) is 26.8 Å². The van der Waals surface area contributed by atoms with Gasteiger partial charge in [-0.3, -0.25) is 4.79 Å². The van der Waals surface area contributed by atoms with Gasteiger partial charge in [-0.15, -0.1) is 0 Å². The van der Waals surface area contributed by atoms with Crippen molar-refractivity contribution in [2.75, 3.05) is 0 Å². The van der Waals surface area contributed by atoms with Crippen LogP contribution < -0.4 is 5.32 Å². The summed E-state index contributed by atoms with van der Waals surface area (Å²) in [6.45, 7) is 3.97. The van der Waals surface area contributed by atoms with Gasteiger partial charge in [-0.2, -0.15) is 0 Å². The van der Waals surface area contributed by atoms with Gasteiger partial charge in [-0.05, 0) is 24.6 Å². The number of hydrogen-bond donors (Lipinski definition) is 2. The first-order valence-corrected chi connectivity index (χ1v) is 6.11. The van der Waals surface area contributed by atoms with Crippen LogP contribution in [0, 0.1) is 6.92 Å². The van der Waals surface area contributed by atoms with E-state index in [1.165, 1.54) is 6.07 Å². The van der Waals surface area contributed by atoms with Crippen molar-refractivity contribution in [3.8, 4) is 5.75 Å². The molecule has 1 aromatic heterocycles. The predicted octanol–water partition coefficient (Wildman–Crippen LogP) is 2.18. The lowest BCUT2D eigenvalue weighted by atomic mass is 10.1. The minimum atomic E-state index is -0.272. The minimum Gasteiger partial charge on any atom is -0.508 e. The maximum atomic E-state index is 11.9. The standard InChI is InChI=1S/C14H16N2O3/c1-3-11-7-15-13(19-11)8-16-14(18)10-5-4-9(2)12(17)6-10/h4-7,17H,3,8H2,1-2H3,(H,16,18). The Morgan fingerprint density at radius 3 is 2.89 bits per heavy atom. The van der Waals surface area contributed by atoms with E-state index in [-0.39, 0.29) is 18.2 Å². The van der Waals surface area contributed by atoms with E-state index < -0.39 is 0 Å². The molecule has 0 fully saturated rings. The Kier molecular flexibility index (Phi) is 3.85. The molecule has 1 amide bonds. The number of nitrogens with zero attached hydrogens (tertiary/aromatic N) is 1. The second-order valence-electron chi connectivity index (χ2n) is 4.26. The molecular weight excluding hydrogens is 244 g/mol. The number of phenolic OH excluding ortho intramolecular Hbond substituents is 1. The molecule has 0 aliphatic rings. The normalized spacial score (nSPS) is 10.4. The molecule has 19 heavy (non-hydrogen) atoms. The zero-order valence-electron chi connectivity index (χ0n) is 10.9. The summed E-state index contributed by atoms with van der Waals surface area (Å²) in [5.41, 5.74) is 1.14. The van der Waals surface area contributed by atoms with Crippen molar-refractivity contribution >= 4 is 5.91 Å². The van der Waals surface area contributed by atoms with Gasteiger partial charge in [0.25, 0.3) is 5.91 Å². The molecular formula is C14H16N2O3. The van der Waals surface area contributed by atoms with Crippen molar-refractivity contribution in [1.82, 2.24) is 10.3 Å². The Morgan fingerprint density at radius 2 is 2.26 bits per heavy atom. The Labute approximate surface area is 111 Å². The molecule has 0 aliphatic carbocycles. The number of amides is 1. The molecule has 5 nitrogen and oxygen atoms in total. The molecule has 2 N–H and O–H groups in total. The highest BCUT2D eigenvalue weighted by molar-refractivity contribution is 5.94. The lowest BCUT2D eigenvalue weighted by molar-refractivity contribution is 0.0946. The van der Waals surface area contributed by atoms with Crippen LogP contribution >= 0.6 is 0 Å². The molecule has 0 unspecified atom stereocenters. The first kappa shape index (κ1) is 13.1. The third-order valence-electron chi connectivity index (χ3n) is 2.82. The second-order valence-corrected chi connectivity index (χ2v) is 4.26. The smallest absolute Gasteiger partial charge is 0.251 e. The summed E-state index contributed by atoms with van der Waals surface area (Å²) in [5.74, 6) is 1.10. The number of carbonyl (C=O) groups is 1. The van der Waals surface area contributed by atoms with Crippen molar-refractivity contribution < 1.29 is 14.3 Å². The average molecular weight is 260 g/mol. The lowest BCUT2D eigenvalue weighted by Gasteiger charge is -2.04. The Bertz CT molecular complexity index is 590. The molecule has 0 aliphatic heterocycles.